The van der Waals surface area contributed by atoms with Crippen LogP contribution in [0.1, 0.15) is 47.5 Å². The van der Waals surface area contributed by atoms with Gasteiger partial charge in [-0.05, 0) is 24.2 Å². The second-order valence-corrected chi connectivity index (χ2v) is 7.08. The van der Waals surface area contributed by atoms with Gasteiger partial charge in [0.15, 0.2) is 0 Å². The number of rotatable bonds is 4. The lowest BCUT2D eigenvalue weighted by molar-refractivity contribution is -0.135. The molecular weight excluding hydrogens is 236 g/mol. The molecule has 1 aliphatic rings. The van der Waals surface area contributed by atoms with Gasteiger partial charge in [0, 0.05) is 19.6 Å². The minimum atomic E-state index is -0.00964. The number of nitrogens with zero attached hydrogens (tertiary/aromatic N) is 1. The van der Waals surface area contributed by atoms with Crippen molar-refractivity contribution in [2.45, 2.75) is 47.5 Å². The summed E-state index contributed by atoms with van der Waals surface area (Å²) in [6.07, 6.45) is 4.11. The smallest absolute Gasteiger partial charge is 0.227 e. The topological polar surface area (TPSA) is 46.3 Å². The van der Waals surface area contributed by atoms with Crippen LogP contribution < -0.4 is 5.73 Å². The maximum Gasteiger partial charge on any atom is 0.227 e. The molecule has 1 amide bonds. The zero-order valence-corrected chi connectivity index (χ0v) is 13.2. The molecule has 0 saturated heterocycles. The molecule has 0 fully saturated rings. The normalized spacial score (nSPS) is 18.5. The Morgan fingerprint density at radius 3 is 2.42 bits per heavy atom. The molecule has 3 heteroatoms. The highest BCUT2D eigenvalue weighted by atomic mass is 16.2. The summed E-state index contributed by atoms with van der Waals surface area (Å²) in [6, 6.07) is 0. The van der Waals surface area contributed by atoms with Crippen LogP contribution in [0.2, 0.25) is 0 Å². The van der Waals surface area contributed by atoms with Gasteiger partial charge >= 0.3 is 0 Å². The van der Waals surface area contributed by atoms with E-state index in [2.05, 4.69) is 40.7 Å². The molecule has 0 aliphatic carbocycles. The molecule has 0 spiro atoms. The van der Waals surface area contributed by atoms with Crippen molar-refractivity contribution in [3.8, 4) is 0 Å². The van der Waals surface area contributed by atoms with Gasteiger partial charge in [-0.25, -0.2) is 0 Å². The molecule has 0 bridgehead atoms. The molecule has 0 radical (unpaired) electrons. The summed E-state index contributed by atoms with van der Waals surface area (Å²) in [5.41, 5.74) is 7.45. The molecule has 0 aromatic rings. The minimum absolute atomic E-state index is 0.00964. The van der Waals surface area contributed by atoms with Gasteiger partial charge < -0.3 is 10.6 Å². The average molecular weight is 266 g/mol. The van der Waals surface area contributed by atoms with Crippen molar-refractivity contribution < 1.29 is 4.79 Å². The summed E-state index contributed by atoms with van der Waals surface area (Å²) in [5.74, 6) is 0.743. The van der Waals surface area contributed by atoms with Gasteiger partial charge in [-0.3, -0.25) is 4.79 Å². The molecule has 1 unspecified atom stereocenters. The third-order valence-corrected chi connectivity index (χ3v) is 3.87. The van der Waals surface area contributed by atoms with Crippen LogP contribution in [0, 0.1) is 17.3 Å². The summed E-state index contributed by atoms with van der Waals surface area (Å²) in [4.78, 5) is 14.4. The van der Waals surface area contributed by atoms with Gasteiger partial charge in [-0.1, -0.05) is 46.3 Å². The maximum absolute atomic E-state index is 12.4. The zero-order valence-electron chi connectivity index (χ0n) is 13.2. The molecule has 1 rings (SSSR count). The molecule has 3 nitrogen and oxygen atoms in total. The lowest BCUT2D eigenvalue weighted by atomic mass is 9.82. The van der Waals surface area contributed by atoms with E-state index in [1.807, 2.05) is 4.90 Å². The lowest BCUT2D eigenvalue weighted by Gasteiger charge is -2.34. The Kier molecular flexibility index (Phi) is 5.60. The second kappa shape index (κ2) is 6.56. The zero-order chi connectivity index (χ0) is 14.6. The first-order valence-corrected chi connectivity index (χ1v) is 7.44. The average Bonchev–Trinajstić information content (AvgIpc) is 2.34. The Balaban J connectivity index is 2.64. The van der Waals surface area contributed by atoms with Crippen LogP contribution in [0.15, 0.2) is 11.6 Å². The molecule has 110 valence electrons. The number of hydrogen-bond acceptors (Lipinski definition) is 2. The van der Waals surface area contributed by atoms with Crippen molar-refractivity contribution in [1.82, 2.24) is 4.90 Å². The fourth-order valence-electron chi connectivity index (χ4n) is 2.68. The standard InChI is InChI=1S/C16H30N2O/c1-12(2)10-13(11-17)15(19)18-8-6-14(7-9-18)16(3,4)5/h6,12-13H,7-11,17H2,1-5H3. The maximum atomic E-state index is 12.4. The number of nitrogens with two attached hydrogens (primary N) is 1. The van der Waals surface area contributed by atoms with Crippen molar-refractivity contribution >= 4 is 5.91 Å². The van der Waals surface area contributed by atoms with Crippen LogP contribution in [0.5, 0.6) is 0 Å². The third kappa shape index (κ3) is 4.64. The summed E-state index contributed by atoms with van der Waals surface area (Å²) in [7, 11) is 0. The van der Waals surface area contributed by atoms with Crippen LogP contribution >= 0.6 is 0 Å². The molecule has 1 heterocycles. The van der Waals surface area contributed by atoms with Crippen LogP contribution in [0.3, 0.4) is 0 Å². The van der Waals surface area contributed by atoms with Gasteiger partial charge in [-0.2, -0.15) is 0 Å². The molecule has 2 N–H and O–H groups in total. The van der Waals surface area contributed by atoms with Crippen molar-refractivity contribution in [2.75, 3.05) is 19.6 Å². The summed E-state index contributed by atoms with van der Waals surface area (Å²) in [6.45, 7) is 13.0. The van der Waals surface area contributed by atoms with Gasteiger partial charge in [0.1, 0.15) is 0 Å². The van der Waals surface area contributed by atoms with Gasteiger partial charge in [0.25, 0.3) is 0 Å². The van der Waals surface area contributed by atoms with Crippen LogP contribution in [0.25, 0.3) is 0 Å². The Morgan fingerprint density at radius 1 is 1.42 bits per heavy atom. The van der Waals surface area contributed by atoms with Crippen LogP contribution in [-0.2, 0) is 4.79 Å². The fourth-order valence-corrected chi connectivity index (χ4v) is 2.68. The summed E-state index contributed by atoms with van der Waals surface area (Å²) < 4.78 is 0. The Labute approximate surface area is 118 Å². The van der Waals surface area contributed by atoms with E-state index in [9.17, 15) is 4.79 Å². The monoisotopic (exact) mass is 266 g/mol. The predicted molar refractivity (Wildman–Crippen MR) is 80.7 cm³/mol. The molecule has 0 saturated carbocycles. The van der Waals surface area contributed by atoms with E-state index in [4.69, 9.17) is 5.73 Å². The molecular formula is C16H30N2O. The van der Waals surface area contributed by atoms with E-state index in [0.717, 1.165) is 25.9 Å². The number of carbonyl (C=O) groups is 1. The fraction of sp³-hybridized carbons (Fsp3) is 0.812. The van der Waals surface area contributed by atoms with E-state index in [1.165, 1.54) is 5.57 Å². The van der Waals surface area contributed by atoms with Gasteiger partial charge in [-0.15, -0.1) is 0 Å². The van der Waals surface area contributed by atoms with E-state index >= 15 is 0 Å². The Hall–Kier alpha value is -0.830. The first-order valence-electron chi connectivity index (χ1n) is 7.44. The summed E-state index contributed by atoms with van der Waals surface area (Å²) >= 11 is 0. The van der Waals surface area contributed by atoms with E-state index in [0.29, 0.717) is 12.5 Å². The highest BCUT2D eigenvalue weighted by Crippen LogP contribution is 2.30. The molecule has 0 aromatic carbocycles. The first kappa shape index (κ1) is 16.2. The Morgan fingerprint density at radius 2 is 2.05 bits per heavy atom. The van der Waals surface area contributed by atoms with E-state index in [-0.39, 0.29) is 17.2 Å². The molecule has 1 aliphatic heterocycles. The predicted octanol–water partition coefficient (Wildman–Crippen LogP) is 2.81. The minimum Gasteiger partial charge on any atom is -0.338 e. The third-order valence-electron chi connectivity index (χ3n) is 3.87. The second-order valence-electron chi connectivity index (χ2n) is 7.08. The van der Waals surface area contributed by atoms with E-state index in [1.54, 1.807) is 0 Å². The molecule has 0 aromatic heterocycles. The largest absolute Gasteiger partial charge is 0.338 e. The lowest BCUT2D eigenvalue weighted by Crippen LogP contribution is -2.42. The Bertz CT molecular complexity index is 339. The van der Waals surface area contributed by atoms with Gasteiger partial charge in [0.2, 0.25) is 5.91 Å². The highest BCUT2D eigenvalue weighted by molar-refractivity contribution is 5.79. The number of amides is 1. The van der Waals surface area contributed by atoms with Crippen molar-refractivity contribution in [3.63, 3.8) is 0 Å². The SMILES string of the molecule is CC(C)CC(CN)C(=O)N1CC=C(C(C)(C)C)CC1. The van der Waals surface area contributed by atoms with Gasteiger partial charge in [0.05, 0.1) is 5.92 Å². The quantitative estimate of drug-likeness (QED) is 0.795. The highest BCUT2D eigenvalue weighted by Gasteiger charge is 2.27. The molecule has 1 atom stereocenters. The van der Waals surface area contributed by atoms with Crippen molar-refractivity contribution in [3.05, 3.63) is 11.6 Å². The summed E-state index contributed by atoms with van der Waals surface area (Å²) in [5, 5.41) is 0. The first-order chi connectivity index (χ1) is 8.75. The van der Waals surface area contributed by atoms with E-state index < -0.39 is 0 Å². The van der Waals surface area contributed by atoms with Crippen LogP contribution in [0.4, 0.5) is 0 Å². The number of carbonyl (C=O) groups excluding carboxylic acids is 1. The van der Waals surface area contributed by atoms with Crippen LogP contribution in [-0.4, -0.2) is 30.4 Å². The van der Waals surface area contributed by atoms with Crippen molar-refractivity contribution in [1.29, 1.82) is 0 Å². The number of hydrogen-bond donors (Lipinski definition) is 1. The molecule has 19 heavy (non-hydrogen) atoms. The van der Waals surface area contributed by atoms with Crippen molar-refractivity contribution in [2.24, 2.45) is 23.0 Å².